The third kappa shape index (κ3) is 8.58. The molecule has 1 aliphatic rings. The van der Waals surface area contributed by atoms with Crippen LogP contribution < -0.4 is 0 Å². The van der Waals surface area contributed by atoms with Gasteiger partial charge in [-0.25, -0.2) is 0 Å². The van der Waals surface area contributed by atoms with Crippen LogP contribution in [0.4, 0.5) is 0 Å². The van der Waals surface area contributed by atoms with Gasteiger partial charge in [0.05, 0.1) is 20.2 Å². The number of esters is 3. The lowest BCUT2D eigenvalue weighted by atomic mass is 10.1. The fourth-order valence-electron chi connectivity index (χ4n) is 3.02. The van der Waals surface area contributed by atoms with Crippen molar-refractivity contribution >= 4 is 32.2 Å². The average molecular weight is 426 g/mol. The van der Waals surface area contributed by atoms with Crippen LogP contribution >= 0.6 is 14.3 Å². The second-order valence-electron chi connectivity index (χ2n) is 7.32. The first kappa shape index (κ1) is 23.9. The SMILES string of the molecule is CC(=O)OC1O[C@H](CCP(C)(=O)CP(C)(C)=O)C(OC(C)=O)[C@@H]1OC(C)=O. The zero-order chi connectivity index (χ0) is 21.0. The minimum absolute atomic E-state index is 0.117. The van der Waals surface area contributed by atoms with E-state index in [1.165, 1.54) is 20.8 Å². The van der Waals surface area contributed by atoms with Gasteiger partial charge in [0.15, 0.2) is 6.10 Å². The molecule has 1 fully saturated rings. The van der Waals surface area contributed by atoms with Crippen LogP contribution in [-0.4, -0.2) is 74.6 Å². The van der Waals surface area contributed by atoms with Crippen molar-refractivity contribution in [3.05, 3.63) is 0 Å². The summed E-state index contributed by atoms with van der Waals surface area (Å²) >= 11 is 0. The predicted molar refractivity (Wildman–Crippen MR) is 98.9 cm³/mol. The van der Waals surface area contributed by atoms with Gasteiger partial charge in [-0.05, 0) is 26.4 Å². The Balaban J connectivity index is 2.98. The van der Waals surface area contributed by atoms with Gasteiger partial charge in [0.2, 0.25) is 12.4 Å². The highest BCUT2D eigenvalue weighted by molar-refractivity contribution is 7.79. The van der Waals surface area contributed by atoms with E-state index in [1.54, 1.807) is 20.0 Å². The molecular formula is C16H28O9P2. The van der Waals surface area contributed by atoms with E-state index >= 15 is 0 Å². The van der Waals surface area contributed by atoms with Crippen LogP contribution in [0.3, 0.4) is 0 Å². The van der Waals surface area contributed by atoms with E-state index in [0.29, 0.717) is 0 Å². The van der Waals surface area contributed by atoms with Gasteiger partial charge in [-0.3, -0.25) is 14.4 Å². The second kappa shape index (κ2) is 9.35. The van der Waals surface area contributed by atoms with Crippen molar-refractivity contribution in [2.45, 2.75) is 51.8 Å². The first-order valence-electron chi connectivity index (χ1n) is 8.47. The van der Waals surface area contributed by atoms with Crippen molar-refractivity contribution in [2.75, 3.05) is 32.1 Å². The van der Waals surface area contributed by atoms with Gasteiger partial charge in [-0.1, -0.05) is 0 Å². The monoisotopic (exact) mass is 426 g/mol. The number of rotatable bonds is 8. The summed E-state index contributed by atoms with van der Waals surface area (Å²) in [7, 11) is -5.20. The third-order valence-electron chi connectivity index (χ3n) is 3.68. The molecule has 156 valence electrons. The number of hydrogen-bond acceptors (Lipinski definition) is 9. The molecule has 0 bridgehead atoms. The Morgan fingerprint density at radius 3 is 1.78 bits per heavy atom. The Labute approximate surface area is 159 Å². The molecule has 5 atom stereocenters. The average Bonchev–Trinajstić information content (AvgIpc) is 2.70. The van der Waals surface area contributed by atoms with E-state index in [9.17, 15) is 23.5 Å². The molecule has 0 saturated carbocycles. The summed E-state index contributed by atoms with van der Waals surface area (Å²) in [5.74, 6) is -1.82. The molecule has 0 aromatic carbocycles. The Kier molecular flexibility index (Phi) is 8.27. The molecule has 0 spiro atoms. The molecule has 0 aromatic heterocycles. The van der Waals surface area contributed by atoms with Crippen molar-refractivity contribution in [2.24, 2.45) is 0 Å². The molecule has 0 aromatic rings. The van der Waals surface area contributed by atoms with E-state index in [-0.39, 0.29) is 18.5 Å². The normalized spacial score (nSPS) is 27.5. The van der Waals surface area contributed by atoms with Crippen LogP contribution in [0.1, 0.15) is 27.2 Å². The maximum atomic E-state index is 12.7. The molecule has 0 aliphatic carbocycles. The fraction of sp³-hybridized carbons (Fsp3) is 0.812. The molecule has 3 unspecified atom stereocenters. The first-order valence-corrected chi connectivity index (χ1v) is 13.8. The van der Waals surface area contributed by atoms with Crippen molar-refractivity contribution in [3.63, 3.8) is 0 Å². The minimum Gasteiger partial charge on any atom is -0.456 e. The maximum absolute atomic E-state index is 12.7. The molecule has 11 heteroatoms. The summed E-state index contributed by atoms with van der Waals surface area (Å²) in [5.41, 5.74) is 0. The van der Waals surface area contributed by atoms with Crippen LogP contribution in [0.15, 0.2) is 0 Å². The quantitative estimate of drug-likeness (QED) is 0.326. The highest BCUT2D eigenvalue weighted by Crippen LogP contribution is 2.56. The lowest BCUT2D eigenvalue weighted by molar-refractivity contribution is -0.195. The minimum atomic E-state index is -2.72. The largest absolute Gasteiger partial charge is 0.456 e. The van der Waals surface area contributed by atoms with Crippen molar-refractivity contribution in [3.8, 4) is 0 Å². The molecule has 1 rings (SSSR count). The van der Waals surface area contributed by atoms with Gasteiger partial charge in [-0.15, -0.1) is 0 Å². The summed E-state index contributed by atoms with van der Waals surface area (Å²) < 4.78 is 45.8. The fourth-order valence-corrected chi connectivity index (χ4v) is 10.2. The van der Waals surface area contributed by atoms with Crippen molar-refractivity contribution in [1.82, 2.24) is 0 Å². The summed E-state index contributed by atoms with van der Waals surface area (Å²) in [6.45, 7) is 8.24. The van der Waals surface area contributed by atoms with Crippen molar-refractivity contribution in [1.29, 1.82) is 0 Å². The Bertz CT molecular complexity index is 669. The Morgan fingerprint density at radius 1 is 0.852 bits per heavy atom. The van der Waals surface area contributed by atoms with E-state index < -0.39 is 56.8 Å². The summed E-state index contributed by atoms with van der Waals surface area (Å²) in [5, 5.41) is 0. The molecule has 0 N–H and O–H groups in total. The van der Waals surface area contributed by atoms with Gasteiger partial charge >= 0.3 is 17.9 Å². The van der Waals surface area contributed by atoms with Gasteiger partial charge in [-0.2, -0.15) is 0 Å². The molecule has 0 radical (unpaired) electrons. The predicted octanol–water partition coefficient (Wildman–Crippen LogP) is 2.10. The summed E-state index contributed by atoms with van der Waals surface area (Å²) in [6.07, 6.45) is -3.77. The standard InChI is InChI=1S/C16H28O9P2/c1-10(17)22-14-13(7-8-27(6,21)9-26(4,5)20)25-16(24-12(3)19)15(14)23-11(2)18/h13-16H,7-9H2,1-6H3/t13-,14?,15+,16?,27?/m1/s1. The van der Waals surface area contributed by atoms with Crippen LogP contribution in [0.5, 0.6) is 0 Å². The van der Waals surface area contributed by atoms with Gasteiger partial charge in [0, 0.05) is 26.9 Å². The number of hydrogen-bond donors (Lipinski definition) is 0. The molecule has 27 heavy (non-hydrogen) atoms. The maximum Gasteiger partial charge on any atom is 0.305 e. The van der Waals surface area contributed by atoms with Crippen LogP contribution in [0, 0.1) is 0 Å². The van der Waals surface area contributed by atoms with E-state index in [1.807, 2.05) is 0 Å². The number of carbonyl (C=O) groups is 3. The molecule has 1 heterocycles. The number of ether oxygens (including phenoxy) is 4. The molecule has 9 nitrogen and oxygen atoms in total. The highest BCUT2D eigenvalue weighted by atomic mass is 31.2. The van der Waals surface area contributed by atoms with Crippen molar-refractivity contribution < 1.29 is 42.5 Å². The molecule has 0 amide bonds. The Hall–Kier alpha value is -1.17. The van der Waals surface area contributed by atoms with E-state index in [0.717, 1.165) is 0 Å². The van der Waals surface area contributed by atoms with Gasteiger partial charge in [0.25, 0.3) is 0 Å². The topological polar surface area (TPSA) is 122 Å². The lowest BCUT2D eigenvalue weighted by Crippen LogP contribution is -2.41. The zero-order valence-electron chi connectivity index (χ0n) is 16.5. The second-order valence-corrected chi connectivity index (χ2v) is 14.6. The summed E-state index contributed by atoms with van der Waals surface area (Å²) in [4.78, 5) is 34.2. The van der Waals surface area contributed by atoms with Gasteiger partial charge < -0.3 is 28.1 Å². The van der Waals surface area contributed by atoms with E-state index in [2.05, 4.69) is 0 Å². The van der Waals surface area contributed by atoms with Crippen LogP contribution in [0.25, 0.3) is 0 Å². The highest BCUT2D eigenvalue weighted by Gasteiger charge is 2.51. The lowest BCUT2D eigenvalue weighted by Gasteiger charge is -2.23. The number of carbonyl (C=O) groups excluding carboxylic acids is 3. The zero-order valence-corrected chi connectivity index (χ0v) is 18.3. The Morgan fingerprint density at radius 2 is 1.33 bits per heavy atom. The van der Waals surface area contributed by atoms with E-state index in [4.69, 9.17) is 18.9 Å². The third-order valence-corrected chi connectivity index (χ3v) is 10.0. The summed E-state index contributed by atoms with van der Waals surface area (Å²) in [6, 6.07) is 0. The smallest absolute Gasteiger partial charge is 0.305 e. The first-order chi connectivity index (χ1) is 12.2. The van der Waals surface area contributed by atoms with Crippen LogP contribution in [-0.2, 0) is 42.5 Å². The van der Waals surface area contributed by atoms with Gasteiger partial charge in [0.1, 0.15) is 6.10 Å². The molecule has 1 saturated heterocycles. The molecular weight excluding hydrogens is 398 g/mol. The van der Waals surface area contributed by atoms with Crippen LogP contribution in [0.2, 0.25) is 0 Å². The molecule has 1 aliphatic heterocycles.